The van der Waals surface area contributed by atoms with Gasteiger partial charge in [0.25, 0.3) is 5.91 Å². The van der Waals surface area contributed by atoms with Crippen LogP contribution in [0.25, 0.3) is 0 Å². The minimum atomic E-state index is -0.991. The number of hydrazone groups is 1. The third-order valence-electron chi connectivity index (χ3n) is 4.18. The zero-order valence-electron chi connectivity index (χ0n) is 15.8. The fourth-order valence-corrected chi connectivity index (χ4v) is 2.50. The maximum Gasteiger partial charge on any atom is 0.335 e. The molecular formula is C23H20N2O4. The van der Waals surface area contributed by atoms with Crippen molar-refractivity contribution >= 4 is 18.1 Å². The summed E-state index contributed by atoms with van der Waals surface area (Å²) in [5.41, 5.74) is 5.92. The van der Waals surface area contributed by atoms with E-state index in [4.69, 9.17) is 9.84 Å². The molecule has 3 aromatic carbocycles. The quantitative estimate of drug-likeness (QED) is 0.472. The molecular weight excluding hydrogens is 368 g/mol. The lowest BCUT2D eigenvalue weighted by atomic mass is 10.1. The molecule has 0 fully saturated rings. The van der Waals surface area contributed by atoms with Crippen LogP contribution >= 0.6 is 0 Å². The normalized spacial score (nSPS) is 10.7. The minimum Gasteiger partial charge on any atom is -0.489 e. The van der Waals surface area contributed by atoms with E-state index in [1.165, 1.54) is 23.9 Å². The zero-order chi connectivity index (χ0) is 20.6. The average molecular weight is 388 g/mol. The van der Waals surface area contributed by atoms with Gasteiger partial charge in [-0.05, 0) is 54.4 Å². The molecule has 0 saturated carbocycles. The molecule has 0 radical (unpaired) electrons. The van der Waals surface area contributed by atoms with Gasteiger partial charge in [-0.2, -0.15) is 5.10 Å². The SMILES string of the molecule is Cc1ccc(OCc2ccc(C(=O)N/N=C\c3ccc(C(=O)O)cc3)cc2)cc1. The molecule has 2 N–H and O–H groups in total. The van der Waals surface area contributed by atoms with E-state index in [0.717, 1.165) is 11.3 Å². The van der Waals surface area contributed by atoms with Crippen molar-refractivity contribution in [1.29, 1.82) is 0 Å². The first-order valence-corrected chi connectivity index (χ1v) is 8.96. The van der Waals surface area contributed by atoms with Crippen LogP contribution in [0.2, 0.25) is 0 Å². The summed E-state index contributed by atoms with van der Waals surface area (Å²) in [5.74, 6) is -0.535. The summed E-state index contributed by atoms with van der Waals surface area (Å²) in [6, 6.07) is 21.1. The number of carboxylic acids is 1. The number of hydrogen-bond acceptors (Lipinski definition) is 4. The predicted molar refractivity (Wildman–Crippen MR) is 110 cm³/mol. The first kappa shape index (κ1) is 19.8. The van der Waals surface area contributed by atoms with Crippen LogP contribution in [0.4, 0.5) is 0 Å². The first-order valence-electron chi connectivity index (χ1n) is 8.96. The lowest BCUT2D eigenvalue weighted by Crippen LogP contribution is -2.17. The summed E-state index contributed by atoms with van der Waals surface area (Å²) in [4.78, 5) is 23.0. The molecule has 0 aliphatic carbocycles. The van der Waals surface area contributed by atoms with Crippen LogP contribution in [0.15, 0.2) is 77.9 Å². The van der Waals surface area contributed by atoms with Gasteiger partial charge in [0.1, 0.15) is 12.4 Å². The van der Waals surface area contributed by atoms with Crippen molar-refractivity contribution < 1.29 is 19.4 Å². The number of carbonyl (C=O) groups excluding carboxylic acids is 1. The van der Waals surface area contributed by atoms with Crippen LogP contribution in [0.5, 0.6) is 5.75 Å². The number of rotatable bonds is 7. The summed E-state index contributed by atoms with van der Waals surface area (Å²) in [5, 5.41) is 12.8. The van der Waals surface area contributed by atoms with E-state index in [2.05, 4.69) is 10.5 Å². The fourth-order valence-electron chi connectivity index (χ4n) is 2.50. The van der Waals surface area contributed by atoms with E-state index in [0.29, 0.717) is 17.7 Å². The second-order valence-electron chi connectivity index (χ2n) is 6.42. The number of ether oxygens (including phenoxy) is 1. The zero-order valence-corrected chi connectivity index (χ0v) is 15.8. The molecule has 146 valence electrons. The Morgan fingerprint density at radius 1 is 0.931 bits per heavy atom. The number of carbonyl (C=O) groups is 2. The van der Waals surface area contributed by atoms with Crippen molar-refractivity contribution in [2.75, 3.05) is 0 Å². The van der Waals surface area contributed by atoms with E-state index in [-0.39, 0.29) is 11.5 Å². The van der Waals surface area contributed by atoms with Crippen LogP contribution < -0.4 is 10.2 Å². The third kappa shape index (κ3) is 5.77. The second-order valence-corrected chi connectivity index (χ2v) is 6.42. The van der Waals surface area contributed by atoms with Crippen LogP contribution in [-0.2, 0) is 6.61 Å². The molecule has 0 atom stereocenters. The molecule has 0 heterocycles. The molecule has 0 unspecified atom stereocenters. The standard InChI is InChI=1S/C23H20N2O4/c1-16-2-12-21(13-3-16)29-15-18-6-8-19(9-7-18)22(26)25-24-14-17-4-10-20(11-5-17)23(27)28/h2-14H,15H2,1H3,(H,25,26)(H,27,28)/b24-14-. The third-order valence-corrected chi connectivity index (χ3v) is 4.18. The largest absolute Gasteiger partial charge is 0.489 e. The van der Waals surface area contributed by atoms with Crippen LogP contribution in [0.1, 0.15) is 37.4 Å². The molecule has 6 heteroatoms. The Morgan fingerprint density at radius 3 is 2.17 bits per heavy atom. The molecule has 0 bridgehead atoms. The number of carboxylic acid groups (broad SMARTS) is 1. The van der Waals surface area contributed by atoms with Crippen LogP contribution in [0, 0.1) is 6.92 Å². The Hall–Kier alpha value is -3.93. The number of amides is 1. The Bertz CT molecular complexity index is 1010. The monoisotopic (exact) mass is 388 g/mol. The molecule has 6 nitrogen and oxygen atoms in total. The summed E-state index contributed by atoms with van der Waals surface area (Å²) in [6.45, 7) is 2.43. The summed E-state index contributed by atoms with van der Waals surface area (Å²) >= 11 is 0. The highest BCUT2D eigenvalue weighted by molar-refractivity contribution is 5.95. The molecule has 3 aromatic rings. The molecule has 1 amide bonds. The van der Waals surface area contributed by atoms with Gasteiger partial charge in [-0.25, -0.2) is 10.2 Å². The van der Waals surface area contributed by atoms with Gasteiger partial charge in [-0.15, -0.1) is 0 Å². The molecule has 0 aliphatic rings. The molecule has 0 spiro atoms. The average Bonchev–Trinajstić information content (AvgIpc) is 2.74. The van der Waals surface area contributed by atoms with E-state index in [1.54, 1.807) is 24.3 Å². The topological polar surface area (TPSA) is 88.0 Å². The van der Waals surface area contributed by atoms with Crippen molar-refractivity contribution in [3.8, 4) is 5.75 Å². The van der Waals surface area contributed by atoms with Gasteiger partial charge in [0, 0.05) is 5.56 Å². The summed E-state index contributed by atoms with van der Waals surface area (Å²) in [7, 11) is 0. The number of aryl methyl sites for hydroxylation is 1. The minimum absolute atomic E-state index is 0.192. The maximum atomic E-state index is 12.2. The van der Waals surface area contributed by atoms with Gasteiger partial charge in [0.2, 0.25) is 0 Å². The van der Waals surface area contributed by atoms with Crippen molar-refractivity contribution in [2.24, 2.45) is 5.10 Å². The van der Waals surface area contributed by atoms with Crippen LogP contribution in [-0.4, -0.2) is 23.2 Å². The predicted octanol–water partition coefficient (Wildman–Crippen LogP) is 4.04. The van der Waals surface area contributed by atoms with Crippen molar-refractivity contribution in [1.82, 2.24) is 5.43 Å². The fraction of sp³-hybridized carbons (Fsp3) is 0.0870. The van der Waals surface area contributed by atoms with E-state index in [9.17, 15) is 9.59 Å². The molecule has 0 aliphatic heterocycles. The highest BCUT2D eigenvalue weighted by atomic mass is 16.5. The molecule has 29 heavy (non-hydrogen) atoms. The Balaban J connectivity index is 1.51. The van der Waals surface area contributed by atoms with Gasteiger partial charge < -0.3 is 9.84 Å². The Labute approximate surface area is 168 Å². The highest BCUT2D eigenvalue weighted by Gasteiger charge is 2.05. The second kappa shape index (κ2) is 9.32. The number of nitrogens with zero attached hydrogens (tertiary/aromatic N) is 1. The number of aromatic carboxylic acids is 1. The Kier molecular flexibility index (Phi) is 6.37. The lowest BCUT2D eigenvalue weighted by molar-refractivity contribution is 0.0696. The van der Waals surface area contributed by atoms with E-state index >= 15 is 0 Å². The van der Waals surface area contributed by atoms with Crippen molar-refractivity contribution in [3.05, 3.63) is 101 Å². The first-order chi connectivity index (χ1) is 14.0. The number of benzene rings is 3. The molecule has 3 rings (SSSR count). The maximum absolute atomic E-state index is 12.2. The van der Waals surface area contributed by atoms with Gasteiger partial charge in [-0.3, -0.25) is 4.79 Å². The number of nitrogens with one attached hydrogen (secondary N) is 1. The van der Waals surface area contributed by atoms with E-state index in [1.807, 2.05) is 43.3 Å². The highest BCUT2D eigenvalue weighted by Crippen LogP contribution is 2.14. The molecule has 0 aromatic heterocycles. The van der Waals surface area contributed by atoms with Crippen molar-refractivity contribution in [2.45, 2.75) is 13.5 Å². The Morgan fingerprint density at radius 2 is 1.55 bits per heavy atom. The van der Waals surface area contributed by atoms with Gasteiger partial charge >= 0.3 is 5.97 Å². The summed E-state index contributed by atoms with van der Waals surface area (Å²) < 4.78 is 5.72. The summed E-state index contributed by atoms with van der Waals surface area (Å²) in [6.07, 6.45) is 1.45. The smallest absolute Gasteiger partial charge is 0.335 e. The number of hydrogen-bond donors (Lipinski definition) is 2. The van der Waals surface area contributed by atoms with Gasteiger partial charge in [0.05, 0.1) is 11.8 Å². The van der Waals surface area contributed by atoms with Crippen LogP contribution in [0.3, 0.4) is 0 Å². The molecule has 0 saturated heterocycles. The van der Waals surface area contributed by atoms with E-state index < -0.39 is 5.97 Å². The van der Waals surface area contributed by atoms with Crippen molar-refractivity contribution in [3.63, 3.8) is 0 Å². The van der Waals surface area contributed by atoms with Gasteiger partial charge in [0.15, 0.2) is 0 Å². The van der Waals surface area contributed by atoms with Gasteiger partial charge in [-0.1, -0.05) is 42.0 Å². The lowest BCUT2D eigenvalue weighted by Gasteiger charge is -2.07.